The highest BCUT2D eigenvalue weighted by Crippen LogP contribution is 2.42. The first-order chi connectivity index (χ1) is 33.7. The van der Waals surface area contributed by atoms with Crippen LogP contribution in [0.25, 0.3) is 11.0 Å². The molecular weight excluding hydrogens is 981 g/mol. The Morgan fingerprint density at radius 1 is 0.786 bits per heavy atom. The maximum Gasteiger partial charge on any atom is 0.262 e. The monoisotopic (exact) mass is 1030 g/mol. The van der Waals surface area contributed by atoms with Crippen LogP contribution in [0.3, 0.4) is 0 Å². The number of likely N-dealkylation sites (tertiary alicyclic amines) is 1. The number of rotatable bonds is 12. The average Bonchev–Trinajstić information content (AvgIpc) is 3.56. The molecule has 3 N–H and O–H groups in total. The van der Waals surface area contributed by atoms with Gasteiger partial charge in [0.05, 0.1) is 37.8 Å². The molecule has 21 heteroatoms. The van der Waals surface area contributed by atoms with Gasteiger partial charge in [0.2, 0.25) is 17.8 Å². The maximum atomic E-state index is 15.8. The number of amides is 4. The van der Waals surface area contributed by atoms with Crippen molar-refractivity contribution in [3.05, 3.63) is 88.5 Å². The van der Waals surface area contributed by atoms with Crippen molar-refractivity contribution in [1.29, 1.82) is 0 Å². The minimum atomic E-state index is -2.79. The van der Waals surface area contributed by atoms with Gasteiger partial charge in [0.1, 0.15) is 30.3 Å². The number of nitrogens with zero attached hydrogens (tertiary/aromatic N) is 10. The van der Waals surface area contributed by atoms with Crippen LogP contribution in [0.2, 0.25) is 0 Å². The molecule has 18 nitrogen and oxygen atoms in total. The van der Waals surface area contributed by atoms with Crippen molar-refractivity contribution in [1.82, 2.24) is 44.9 Å². The Bertz CT molecular complexity index is 2970. The van der Waals surface area contributed by atoms with E-state index in [0.29, 0.717) is 72.8 Å². The number of piperidine rings is 2. The molecule has 5 aromatic rings. The van der Waals surface area contributed by atoms with E-state index < -0.39 is 36.8 Å². The van der Waals surface area contributed by atoms with Gasteiger partial charge >= 0.3 is 0 Å². The molecule has 5 saturated heterocycles. The van der Waals surface area contributed by atoms with Crippen molar-refractivity contribution in [2.24, 2.45) is 5.92 Å². The van der Waals surface area contributed by atoms with Crippen LogP contribution in [0.15, 0.2) is 71.6 Å². The quantitative estimate of drug-likeness (QED) is 0.113. The molecule has 0 radical (unpaired) electrons. The zero-order valence-electron chi connectivity index (χ0n) is 39.0. The number of hydrogen-bond donors (Lipinski definition) is 3. The Morgan fingerprint density at radius 2 is 1.51 bits per heavy atom. The lowest BCUT2D eigenvalue weighted by Gasteiger charge is -2.52. The van der Waals surface area contributed by atoms with Gasteiger partial charge in [-0.3, -0.25) is 54.1 Å². The normalized spacial score (nSPS) is 21.3. The van der Waals surface area contributed by atoms with Gasteiger partial charge in [0.15, 0.2) is 0 Å². The molecule has 5 fully saturated rings. The first kappa shape index (κ1) is 46.5. The molecule has 364 valence electrons. The van der Waals surface area contributed by atoms with E-state index in [1.54, 1.807) is 44.1 Å². The Kier molecular flexibility index (Phi) is 12.4. The van der Waals surface area contributed by atoms with E-state index in [1.165, 1.54) is 6.07 Å². The van der Waals surface area contributed by atoms with Crippen LogP contribution in [0, 0.1) is 11.7 Å². The van der Waals surface area contributed by atoms with Crippen LogP contribution in [0.5, 0.6) is 0 Å². The van der Waals surface area contributed by atoms with E-state index >= 15 is 4.39 Å². The molecule has 11 rings (SSSR count). The Balaban J connectivity index is 0.612. The lowest BCUT2D eigenvalue weighted by atomic mass is 9.94. The number of hydrogen-bond acceptors (Lipinski definition) is 16. The summed E-state index contributed by atoms with van der Waals surface area (Å²) < 4.78 is 29.8. The van der Waals surface area contributed by atoms with Crippen LogP contribution in [0.1, 0.15) is 46.4 Å². The van der Waals surface area contributed by atoms with Crippen molar-refractivity contribution >= 4 is 97.6 Å². The lowest BCUT2D eigenvalue weighted by molar-refractivity contribution is -0.136. The van der Waals surface area contributed by atoms with Gasteiger partial charge in [-0.15, -0.1) is 0 Å². The largest absolute Gasteiger partial charge is 0.371 e. The summed E-state index contributed by atoms with van der Waals surface area (Å²) >= 11 is 3.53. The highest BCUT2D eigenvalue weighted by atomic mass is 79.9. The standard InChI is InChI=1S/C49H54BrFN13O5P/c1-70(2,69)44-39(7-6-38-43(44)53-14-13-52-38)56-45-36(50)23-54-49(58-45)55-30-3-8-40(37(51)21-30)62-15-11-31(12-16-62)60-17-19-61(20-18-60)33-27-59(28-33)24-29-25-63(26-29)32-4-5-34-35(22-32)48(68)64(47(34)67)41-9-10-42(65)57-46(41)66/h3-8,13-14,21-23,29,31,33,41H,9-12,15-20,24-28H2,1-2H3,(H,57,65,66)(H2,54,55,56,58). The predicted molar refractivity (Wildman–Crippen MR) is 269 cm³/mol. The zero-order valence-corrected chi connectivity index (χ0v) is 41.5. The minimum Gasteiger partial charge on any atom is -0.371 e. The summed E-state index contributed by atoms with van der Waals surface area (Å²) in [6.45, 7) is 14.1. The number of carbonyl (C=O) groups is 4. The fourth-order valence-corrected chi connectivity index (χ4v) is 12.7. The minimum absolute atomic E-state index is 0.0938. The third-order valence-electron chi connectivity index (χ3n) is 14.7. The Morgan fingerprint density at radius 3 is 2.24 bits per heavy atom. The summed E-state index contributed by atoms with van der Waals surface area (Å²) in [5, 5.41) is 9.28. The molecule has 6 aliphatic heterocycles. The van der Waals surface area contributed by atoms with E-state index in [2.05, 4.69) is 76.3 Å². The summed E-state index contributed by atoms with van der Waals surface area (Å²) in [6.07, 6.45) is 7.00. The molecule has 0 bridgehead atoms. The third-order valence-corrected chi connectivity index (χ3v) is 16.9. The van der Waals surface area contributed by atoms with E-state index in [1.807, 2.05) is 30.3 Å². The second kappa shape index (κ2) is 18.7. The second-order valence-corrected chi connectivity index (χ2v) is 23.7. The fourth-order valence-electron chi connectivity index (χ4n) is 11.1. The number of piperazine rings is 1. The van der Waals surface area contributed by atoms with Crippen LogP contribution < -0.4 is 31.1 Å². The van der Waals surface area contributed by atoms with Crippen molar-refractivity contribution in [2.45, 2.75) is 43.8 Å². The highest BCUT2D eigenvalue weighted by molar-refractivity contribution is 9.10. The Labute approximate surface area is 412 Å². The first-order valence-electron chi connectivity index (χ1n) is 24.0. The molecule has 0 aliphatic carbocycles. The second-order valence-electron chi connectivity index (χ2n) is 19.7. The number of benzene rings is 3. The number of carbonyl (C=O) groups excluding carboxylic acids is 4. The average molecular weight is 1030 g/mol. The topological polar surface area (TPSA) is 192 Å². The van der Waals surface area contributed by atoms with E-state index in [-0.39, 0.29) is 24.6 Å². The number of nitrogens with one attached hydrogen (secondary N) is 3. The van der Waals surface area contributed by atoms with E-state index in [4.69, 9.17) is 0 Å². The summed E-state index contributed by atoms with van der Waals surface area (Å²) in [5.41, 5.74) is 4.45. The van der Waals surface area contributed by atoms with Gasteiger partial charge in [-0.05, 0) is 97.1 Å². The van der Waals surface area contributed by atoms with Crippen LogP contribution >= 0.6 is 23.1 Å². The summed E-state index contributed by atoms with van der Waals surface area (Å²) in [6, 6.07) is 14.2. The highest BCUT2D eigenvalue weighted by Gasteiger charge is 2.45. The molecule has 0 spiro atoms. The molecule has 0 saturated carbocycles. The van der Waals surface area contributed by atoms with Gasteiger partial charge in [-0.2, -0.15) is 4.98 Å². The molecule has 1 atom stereocenters. The first-order valence-corrected chi connectivity index (χ1v) is 27.3. The molecule has 1 unspecified atom stereocenters. The van der Waals surface area contributed by atoms with Crippen molar-refractivity contribution < 1.29 is 28.1 Å². The van der Waals surface area contributed by atoms with Gasteiger partial charge in [-0.25, -0.2) is 9.37 Å². The van der Waals surface area contributed by atoms with E-state index in [0.717, 1.165) is 95.4 Å². The Hall–Kier alpha value is -5.92. The number of fused-ring (bicyclic) bond motifs is 2. The van der Waals surface area contributed by atoms with Gasteiger partial charge in [0, 0.05) is 126 Å². The van der Waals surface area contributed by atoms with Crippen molar-refractivity contribution in [3.63, 3.8) is 0 Å². The van der Waals surface area contributed by atoms with Gasteiger partial charge < -0.3 is 25.0 Å². The van der Waals surface area contributed by atoms with E-state index in [9.17, 15) is 23.7 Å². The molecule has 6 aliphatic rings. The lowest BCUT2D eigenvalue weighted by Crippen LogP contribution is -2.65. The number of halogens is 2. The SMILES string of the molecule is CP(C)(=O)c1c(Nc2nc(Nc3ccc(N4CCC(N5CCN(C6CN(CC7CN(c8ccc9c(c8)C(=O)N(C8CCC(=O)NC8=O)C9=O)C7)C6)CC5)CC4)c(F)c3)ncc2Br)ccc2nccnc12. The smallest absolute Gasteiger partial charge is 0.262 e. The van der Waals surface area contributed by atoms with Crippen molar-refractivity contribution in [2.75, 3.05) is 106 Å². The molecule has 70 heavy (non-hydrogen) atoms. The summed E-state index contributed by atoms with van der Waals surface area (Å²) in [5.74, 6) is -1.02. The maximum absolute atomic E-state index is 15.8. The van der Waals surface area contributed by atoms with Crippen LogP contribution in [-0.4, -0.2) is 167 Å². The third kappa shape index (κ3) is 9.04. The van der Waals surface area contributed by atoms with Gasteiger partial charge in [0.25, 0.3) is 11.8 Å². The summed E-state index contributed by atoms with van der Waals surface area (Å²) in [4.78, 5) is 81.6. The zero-order chi connectivity index (χ0) is 48.4. The number of imide groups is 2. The molecule has 4 amide bonds. The fraction of sp³-hybridized carbons (Fsp3) is 0.429. The molecule has 3 aromatic carbocycles. The summed E-state index contributed by atoms with van der Waals surface area (Å²) in [7, 11) is -2.79. The molecular formula is C49H54BrFN13O5P. The molecule has 8 heterocycles. The van der Waals surface area contributed by atoms with Crippen LogP contribution in [-0.2, 0) is 14.2 Å². The van der Waals surface area contributed by atoms with Crippen molar-refractivity contribution in [3.8, 4) is 0 Å². The van der Waals surface area contributed by atoms with Crippen LogP contribution in [0.4, 0.5) is 38.9 Å². The molecule has 2 aromatic heterocycles. The van der Waals surface area contributed by atoms with Gasteiger partial charge in [-0.1, -0.05) is 0 Å². The predicted octanol–water partition coefficient (Wildman–Crippen LogP) is 4.86. The number of anilines is 6. The number of aromatic nitrogens is 4.